The van der Waals surface area contributed by atoms with Crippen molar-refractivity contribution in [2.45, 2.75) is 44.2 Å². The Balaban J connectivity index is 2.33. The molecular weight excluding hydrogens is 230 g/mol. The molecule has 1 rings (SSSR count). The van der Waals surface area contributed by atoms with E-state index in [1.165, 1.54) is 0 Å². The van der Waals surface area contributed by atoms with E-state index in [1.54, 1.807) is 0 Å². The SMILES string of the molecule is CS(=O)(=O)CCC(=O)NC1CCCCC1O. The van der Waals surface area contributed by atoms with Gasteiger partial charge in [-0.25, -0.2) is 8.42 Å². The maximum Gasteiger partial charge on any atom is 0.221 e. The molecule has 2 N–H and O–H groups in total. The van der Waals surface area contributed by atoms with Crippen LogP contribution < -0.4 is 5.32 Å². The predicted octanol–water partition coefficient (Wildman–Crippen LogP) is -0.159. The topological polar surface area (TPSA) is 83.5 Å². The van der Waals surface area contributed by atoms with Gasteiger partial charge in [0.15, 0.2) is 0 Å². The Hall–Kier alpha value is -0.620. The number of rotatable bonds is 4. The minimum absolute atomic E-state index is 0.0257. The van der Waals surface area contributed by atoms with E-state index in [4.69, 9.17) is 0 Å². The maximum atomic E-state index is 11.4. The summed E-state index contributed by atoms with van der Waals surface area (Å²) in [5.74, 6) is -0.432. The van der Waals surface area contributed by atoms with E-state index in [0.29, 0.717) is 6.42 Å². The van der Waals surface area contributed by atoms with Gasteiger partial charge in [-0.3, -0.25) is 4.79 Å². The molecule has 1 aliphatic carbocycles. The van der Waals surface area contributed by atoms with Gasteiger partial charge in [0, 0.05) is 12.7 Å². The number of carbonyl (C=O) groups is 1. The summed E-state index contributed by atoms with van der Waals surface area (Å²) in [6.45, 7) is 0. The fraction of sp³-hybridized carbons (Fsp3) is 0.900. The van der Waals surface area contributed by atoms with Crippen LogP contribution in [0.3, 0.4) is 0 Å². The first-order chi connectivity index (χ1) is 7.38. The van der Waals surface area contributed by atoms with Crippen LogP contribution in [-0.4, -0.2) is 43.6 Å². The van der Waals surface area contributed by atoms with Gasteiger partial charge in [-0.15, -0.1) is 0 Å². The quantitative estimate of drug-likeness (QED) is 0.725. The summed E-state index contributed by atoms with van der Waals surface area (Å²) < 4.78 is 21.7. The lowest BCUT2D eigenvalue weighted by molar-refractivity contribution is -0.122. The number of hydrogen-bond acceptors (Lipinski definition) is 4. The number of hydrogen-bond donors (Lipinski definition) is 2. The van der Waals surface area contributed by atoms with E-state index < -0.39 is 15.9 Å². The Labute approximate surface area is 96.1 Å². The highest BCUT2D eigenvalue weighted by molar-refractivity contribution is 7.90. The van der Waals surface area contributed by atoms with Crippen LogP contribution >= 0.6 is 0 Å². The summed E-state index contributed by atoms with van der Waals surface area (Å²) in [5, 5.41) is 12.3. The molecule has 5 nitrogen and oxygen atoms in total. The molecule has 94 valence electrons. The van der Waals surface area contributed by atoms with E-state index in [2.05, 4.69) is 5.32 Å². The first-order valence-electron chi connectivity index (χ1n) is 5.53. The number of nitrogens with one attached hydrogen (secondary N) is 1. The van der Waals surface area contributed by atoms with Crippen molar-refractivity contribution in [3.8, 4) is 0 Å². The number of carbonyl (C=O) groups excluding carboxylic acids is 1. The van der Waals surface area contributed by atoms with Crippen molar-refractivity contribution in [3.05, 3.63) is 0 Å². The lowest BCUT2D eigenvalue weighted by Crippen LogP contribution is -2.45. The number of sulfone groups is 1. The number of aliphatic hydroxyl groups is 1. The summed E-state index contributed by atoms with van der Waals surface area (Å²) in [7, 11) is -3.10. The Kier molecular flexibility index (Phi) is 4.73. The van der Waals surface area contributed by atoms with Crippen LogP contribution in [0.2, 0.25) is 0 Å². The smallest absolute Gasteiger partial charge is 0.221 e. The summed E-state index contributed by atoms with van der Waals surface area (Å²) in [6, 6.07) is -0.208. The fourth-order valence-electron chi connectivity index (χ4n) is 1.84. The summed E-state index contributed by atoms with van der Waals surface area (Å²) in [5.41, 5.74) is 0. The molecule has 16 heavy (non-hydrogen) atoms. The minimum Gasteiger partial charge on any atom is -0.391 e. The molecule has 1 amide bonds. The fourth-order valence-corrected chi connectivity index (χ4v) is 2.39. The second kappa shape index (κ2) is 5.63. The van der Waals surface area contributed by atoms with Crippen molar-refractivity contribution in [1.82, 2.24) is 5.32 Å². The molecule has 1 aliphatic rings. The molecule has 0 aromatic carbocycles. The molecule has 0 heterocycles. The molecular formula is C10H19NO4S. The zero-order chi connectivity index (χ0) is 12.2. The van der Waals surface area contributed by atoms with Crippen LogP contribution in [0.1, 0.15) is 32.1 Å². The molecule has 0 aromatic heterocycles. The summed E-state index contributed by atoms with van der Waals surface area (Å²) in [4.78, 5) is 11.4. The molecule has 0 saturated heterocycles. The normalized spacial score (nSPS) is 26.4. The van der Waals surface area contributed by atoms with E-state index in [9.17, 15) is 18.3 Å². The van der Waals surface area contributed by atoms with Crippen molar-refractivity contribution < 1.29 is 18.3 Å². The van der Waals surface area contributed by atoms with Crippen molar-refractivity contribution in [3.63, 3.8) is 0 Å². The lowest BCUT2D eigenvalue weighted by atomic mass is 9.92. The largest absolute Gasteiger partial charge is 0.391 e. The van der Waals surface area contributed by atoms with Gasteiger partial charge in [-0.2, -0.15) is 0 Å². The highest BCUT2D eigenvalue weighted by Crippen LogP contribution is 2.18. The first-order valence-corrected chi connectivity index (χ1v) is 7.60. The second-order valence-corrected chi connectivity index (χ2v) is 6.67. The molecule has 0 aliphatic heterocycles. The number of aliphatic hydroxyl groups excluding tert-OH is 1. The van der Waals surface area contributed by atoms with Crippen LogP contribution in [-0.2, 0) is 14.6 Å². The van der Waals surface area contributed by atoms with Crippen molar-refractivity contribution in [2.75, 3.05) is 12.0 Å². The third-order valence-corrected chi connectivity index (χ3v) is 3.72. The molecule has 2 atom stereocenters. The number of amides is 1. The molecule has 0 radical (unpaired) electrons. The second-order valence-electron chi connectivity index (χ2n) is 4.41. The third kappa shape index (κ3) is 4.94. The Morgan fingerprint density at radius 1 is 1.38 bits per heavy atom. The zero-order valence-corrected chi connectivity index (χ0v) is 10.3. The van der Waals surface area contributed by atoms with E-state index in [1.807, 2.05) is 0 Å². The van der Waals surface area contributed by atoms with Crippen LogP contribution in [0, 0.1) is 0 Å². The van der Waals surface area contributed by atoms with E-state index in [-0.39, 0.29) is 24.1 Å². The standard InChI is InChI=1S/C10H19NO4S/c1-16(14,15)7-6-10(13)11-8-4-2-3-5-9(8)12/h8-9,12H,2-7H2,1H3,(H,11,13). The van der Waals surface area contributed by atoms with Gasteiger partial charge in [0.05, 0.1) is 17.9 Å². The van der Waals surface area contributed by atoms with Crippen LogP contribution in [0.15, 0.2) is 0 Å². The van der Waals surface area contributed by atoms with Gasteiger partial charge >= 0.3 is 0 Å². The highest BCUT2D eigenvalue weighted by Gasteiger charge is 2.24. The van der Waals surface area contributed by atoms with Crippen molar-refractivity contribution in [1.29, 1.82) is 0 Å². The van der Waals surface area contributed by atoms with Crippen LogP contribution in [0.25, 0.3) is 0 Å². The zero-order valence-electron chi connectivity index (χ0n) is 9.48. The summed E-state index contributed by atoms with van der Waals surface area (Å²) in [6.07, 6.45) is 4.04. The maximum absolute atomic E-state index is 11.4. The van der Waals surface area contributed by atoms with Crippen molar-refractivity contribution >= 4 is 15.7 Å². The Morgan fingerprint density at radius 2 is 2.00 bits per heavy atom. The average molecular weight is 249 g/mol. The third-order valence-electron chi connectivity index (χ3n) is 2.78. The van der Waals surface area contributed by atoms with Crippen LogP contribution in [0.4, 0.5) is 0 Å². The monoisotopic (exact) mass is 249 g/mol. The van der Waals surface area contributed by atoms with Crippen LogP contribution in [0.5, 0.6) is 0 Å². The van der Waals surface area contributed by atoms with Gasteiger partial charge in [0.25, 0.3) is 0 Å². The van der Waals surface area contributed by atoms with Gasteiger partial charge in [-0.1, -0.05) is 12.8 Å². The Morgan fingerprint density at radius 3 is 2.56 bits per heavy atom. The van der Waals surface area contributed by atoms with E-state index >= 15 is 0 Å². The summed E-state index contributed by atoms with van der Waals surface area (Å²) >= 11 is 0. The minimum atomic E-state index is -3.10. The molecule has 0 bridgehead atoms. The predicted molar refractivity (Wildman–Crippen MR) is 60.7 cm³/mol. The molecule has 2 unspecified atom stereocenters. The molecule has 0 spiro atoms. The molecule has 6 heteroatoms. The lowest BCUT2D eigenvalue weighted by Gasteiger charge is -2.28. The van der Waals surface area contributed by atoms with Gasteiger partial charge in [-0.05, 0) is 12.8 Å². The molecule has 1 fully saturated rings. The first kappa shape index (κ1) is 13.4. The molecule has 0 aromatic rings. The Bertz CT molecular complexity index is 339. The molecule has 1 saturated carbocycles. The highest BCUT2D eigenvalue weighted by atomic mass is 32.2. The average Bonchev–Trinajstić information content (AvgIpc) is 2.18. The van der Waals surface area contributed by atoms with Gasteiger partial charge in [0.1, 0.15) is 9.84 Å². The van der Waals surface area contributed by atoms with Gasteiger partial charge < -0.3 is 10.4 Å². The van der Waals surface area contributed by atoms with Crippen molar-refractivity contribution in [2.24, 2.45) is 0 Å². The van der Waals surface area contributed by atoms with E-state index in [0.717, 1.165) is 25.5 Å². The van der Waals surface area contributed by atoms with Gasteiger partial charge in [0.2, 0.25) is 5.91 Å².